The first-order valence-corrected chi connectivity index (χ1v) is 9.56. The molecule has 0 aliphatic carbocycles. The second kappa shape index (κ2) is 9.68. The van der Waals surface area contributed by atoms with Crippen LogP contribution in [0.5, 0.6) is 0 Å². The number of benzene rings is 2. The first-order chi connectivity index (χ1) is 14.5. The van der Waals surface area contributed by atoms with E-state index in [4.69, 9.17) is 14.6 Å². The average Bonchev–Trinajstić information content (AvgIpc) is 3.16. The van der Waals surface area contributed by atoms with Crippen LogP contribution < -0.4 is 0 Å². The van der Waals surface area contributed by atoms with E-state index in [0.29, 0.717) is 11.3 Å². The minimum Gasteiger partial charge on any atom is -0.456 e. The Bertz CT molecular complexity index is 1090. The van der Waals surface area contributed by atoms with E-state index in [2.05, 4.69) is 0 Å². The molecule has 6 nitrogen and oxygen atoms in total. The van der Waals surface area contributed by atoms with Crippen molar-refractivity contribution in [2.75, 3.05) is 13.7 Å². The number of ether oxygens (including phenoxy) is 2. The predicted octanol–water partition coefficient (Wildman–Crippen LogP) is 4.33. The van der Waals surface area contributed by atoms with Crippen molar-refractivity contribution in [1.29, 1.82) is 5.26 Å². The van der Waals surface area contributed by atoms with E-state index in [-0.39, 0.29) is 12.2 Å². The number of esters is 1. The van der Waals surface area contributed by atoms with Gasteiger partial charge in [0.1, 0.15) is 17.7 Å². The third-order valence-corrected chi connectivity index (χ3v) is 4.50. The second-order valence-electron chi connectivity index (χ2n) is 6.87. The molecule has 2 aromatic carbocycles. The van der Waals surface area contributed by atoms with E-state index in [1.54, 1.807) is 11.6 Å². The maximum Gasteiger partial charge on any atom is 0.349 e. The molecule has 0 fully saturated rings. The van der Waals surface area contributed by atoms with Gasteiger partial charge in [0, 0.05) is 24.4 Å². The average molecular weight is 401 g/mol. The Balaban J connectivity index is 2.06. The predicted molar refractivity (Wildman–Crippen MR) is 115 cm³/mol. The molecular weight excluding hydrogens is 378 g/mol. The van der Waals surface area contributed by atoms with E-state index >= 15 is 0 Å². The van der Waals surface area contributed by atoms with Crippen LogP contribution in [0.2, 0.25) is 0 Å². The van der Waals surface area contributed by atoms with Crippen molar-refractivity contribution < 1.29 is 14.3 Å². The summed E-state index contributed by atoms with van der Waals surface area (Å²) >= 11 is 0. The monoisotopic (exact) mass is 401 g/mol. The van der Waals surface area contributed by atoms with Crippen molar-refractivity contribution in [3.05, 3.63) is 77.5 Å². The largest absolute Gasteiger partial charge is 0.456 e. The summed E-state index contributed by atoms with van der Waals surface area (Å²) in [5, 5.41) is 14.3. The molecule has 0 saturated heterocycles. The molecule has 1 atom stereocenters. The molecule has 3 rings (SSSR count). The highest BCUT2D eigenvalue weighted by molar-refractivity contribution is 5.98. The molecule has 152 valence electrons. The molecule has 1 aromatic heterocycles. The normalized spacial score (nSPS) is 12.3. The van der Waals surface area contributed by atoms with Crippen molar-refractivity contribution in [3.63, 3.8) is 0 Å². The molecule has 0 spiro atoms. The quantitative estimate of drug-likeness (QED) is 0.334. The van der Waals surface area contributed by atoms with Gasteiger partial charge in [-0.05, 0) is 31.6 Å². The van der Waals surface area contributed by atoms with Gasteiger partial charge in [-0.15, -0.1) is 0 Å². The van der Waals surface area contributed by atoms with Gasteiger partial charge in [-0.2, -0.15) is 10.4 Å². The van der Waals surface area contributed by atoms with Crippen LogP contribution in [0.15, 0.2) is 66.4 Å². The van der Waals surface area contributed by atoms with Crippen molar-refractivity contribution in [2.45, 2.75) is 20.0 Å². The fraction of sp³-hybridized carbons (Fsp3) is 0.208. The molecule has 6 heteroatoms. The van der Waals surface area contributed by atoms with E-state index in [1.165, 1.54) is 13.2 Å². The summed E-state index contributed by atoms with van der Waals surface area (Å²) in [6.07, 6.45) is 2.88. The highest BCUT2D eigenvalue weighted by Gasteiger charge is 2.18. The highest BCUT2D eigenvalue weighted by atomic mass is 16.6. The van der Waals surface area contributed by atoms with Crippen LogP contribution in [0.1, 0.15) is 18.1 Å². The van der Waals surface area contributed by atoms with E-state index in [1.807, 2.05) is 73.8 Å². The van der Waals surface area contributed by atoms with E-state index in [9.17, 15) is 10.1 Å². The number of hydrogen-bond acceptors (Lipinski definition) is 5. The third-order valence-electron chi connectivity index (χ3n) is 4.50. The number of carbonyl (C=O) groups is 1. The number of rotatable bonds is 7. The molecule has 3 aromatic rings. The zero-order valence-electron chi connectivity index (χ0n) is 17.2. The minimum atomic E-state index is -0.690. The summed E-state index contributed by atoms with van der Waals surface area (Å²) in [7, 11) is 1.53. The van der Waals surface area contributed by atoms with Crippen LogP contribution in [-0.4, -0.2) is 35.6 Å². The zero-order valence-corrected chi connectivity index (χ0v) is 17.2. The second-order valence-corrected chi connectivity index (χ2v) is 6.87. The molecule has 30 heavy (non-hydrogen) atoms. The van der Waals surface area contributed by atoms with Gasteiger partial charge in [-0.3, -0.25) is 0 Å². The van der Waals surface area contributed by atoms with Gasteiger partial charge in [-0.25, -0.2) is 9.48 Å². The van der Waals surface area contributed by atoms with Crippen LogP contribution in [0.3, 0.4) is 0 Å². The number of methoxy groups -OCH3 is 1. The molecule has 0 unspecified atom stereocenters. The van der Waals surface area contributed by atoms with Crippen LogP contribution in [-0.2, 0) is 14.3 Å². The molecule has 0 amide bonds. The van der Waals surface area contributed by atoms with Crippen LogP contribution in [0.25, 0.3) is 23.0 Å². The number of nitriles is 1. The lowest BCUT2D eigenvalue weighted by molar-refractivity contribution is -0.145. The number of aromatic nitrogens is 2. The molecular formula is C24H23N3O3. The van der Waals surface area contributed by atoms with Crippen LogP contribution >= 0.6 is 0 Å². The van der Waals surface area contributed by atoms with E-state index in [0.717, 1.165) is 16.8 Å². The molecule has 0 bridgehead atoms. The smallest absolute Gasteiger partial charge is 0.349 e. The van der Waals surface area contributed by atoms with Gasteiger partial charge in [0.2, 0.25) is 0 Å². The summed E-state index contributed by atoms with van der Waals surface area (Å²) in [6, 6.07) is 19.5. The third kappa shape index (κ3) is 4.83. The summed E-state index contributed by atoms with van der Waals surface area (Å²) in [5.41, 5.74) is 4.09. The Labute approximate surface area is 176 Å². The molecule has 0 N–H and O–H groups in total. The van der Waals surface area contributed by atoms with Gasteiger partial charge in [-0.1, -0.05) is 48.5 Å². The minimum absolute atomic E-state index is 0.0977. The number of carbonyl (C=O) groups excluding carboxylic acids is 1. The number of aryl methyl sites for hydroxylation is 1. The Morgan fingerprint density at radius 2 is 1.90 bits per heavy atom. The fourth-order valence-electron chi connectivity index (χ4n) is 3.06. The summed E-state index contributed by atoms with van der Waals surface area (Å²) in [5.74, 6) is -0.690. The summed E-state index contributed by atoms with van der Waals surface area (Å²) in [6.45, 7) is 3.97. The first kappa shape index (κ1) is 21.0. The van der Waals surface area contributed by atoms with Crippen molar-refractivity contribution in [2.24, 2.45) is 0 Å². The highest BCUT2D eigenvalue weighted by Crippen LogP contribution is 2.26. The Morgan fingerprint density at radius 1 is 1.20 bits per heavy atom. The molecule has 1 heterocycles. The van der Waals surface area contributed by atoms with Gasteiger partial charge in [0.05, 0.1) is 18.0 Å². The van der Waals surface area contributed by atoms with Crippen LogP contribution in [0.4, 0.5) is 0 Å². The van der Waals surface area contributed by atoms with Crippen molar-refractivity contribution in [1.82, 2.24) is 9.78 Å². The van der Waals surface area contributed by atoms with Crippen molar-refractivity contribution in [3.8, 4) is 23.0 Å². The first-order valence-electron chi connectivity index (χ1n) is 9.56. The number of para-hydroxylation sites is 1. The van der Waals surface area contributed by atoms with Gasteiger partial charge >= 0.3 is 5.97 Å². The van der Waals surface area contributed by atoms with Gasteiger partial charge in [0.25, 0.3) is 0 Å². The Morgan fingerprint density at radius 3 is 2.57 bits per heavy atom. The maximum absolute atomic E-state index is 12.4. The zero-order chi connectivity index (χ0) is 21.5. The summed E-state index contributed by atoms with van der Waals surface area (Å²) < 4.78 is 12.0. The Hall–Kier alpha value is -3.69. The standard InChI is InChI=1S/C24H23N3O3/c1-17-9-7-8-12-22(17)27-15-21(23(26-27)19-10-5-4-6-11-19)13-20(14-25)24(28)30-18(2)16-29-3/h4-13,15,18H,16H2,1-3H3/b20-13+/t18-/m0/s1. The van der Waals surface area contributed by atoms with Gasteiger partial charge in [0.15, 0.2) is 0 Å². The van der Waals surface area contributed by atoms with Crippen LogP contribution in [0, 0.1) is 18.3 Å². The lowest BCUT2D eigenvalue weighted by Crippen LogP contribution is -2.20. The molecule has 0 aliphatic rings. The molecule has 0 aliphatic heterocycles. The number of hydrogen-bond donors (Lipinski definition) is 0. The van der Waals surface area contributed by atoms with Gasteiger partial charge < -0.3 is 9.47 Å². The fourth-order valence-corrected chi connectivity index (χ4v) is 3.06. The lowest BCUT2D eigenvalue weighted by atomic mass is 10.1. The SMILES string of the molecule is COC[C@H](C)OC(=O)/C(C#N)=C/c1cn(-c2ccccc2C)nc1-c1ccccc1. The van der Waals surface area contributed by atoms with Crippen molar-refractivity contribution >= 4 is 12.0 Å². The maximum atomic E-state index is 12.4. The lowest BCUT2D eigenvalue weighted by Gasteiger charge is -2.11. The molecule has 0 radical (unpaired) electrons. The topological polar surface area (TPSA) is 77.1 Å². The number of nitrogens with zero attached hydrogens (tertiary/aromatic N) is 3. The van der Waals surface area contributed by atoms with E-state index < -0.39 is 12.1 Å². The Kier molecular flexibility index (Phi) is 6.79. The summed E-state index contributed by atoms with van der Waals surface area (Å²) in [4.78, 5) is 12.4. The molecule has 0 saturated carbocycles.